The van der Waals surface area contributed by atoms with Crippen LogP contribution in [0.2, 0.25) is 0 Å². The zero-order chi connectivity index (χ0) is 17.5. The summed E-state index contributed by atoms with van der Waals surface area (Å²) in [5, 5.41) is 0. The third-order valence-electron chi connectivity index (χ3n) is 6.88. The van der Waals surface area contributed by atoms with Gasteiger partial charge in [-0.15, -0.1) is 0 Å². The quantitative estimate of drug-likeness (QED) is 0.565. The molecule has 5 aliphatic rings. The van der Waals surface area contributed by atoms with E-state index in [-0.39, 0.29) is 35.5 Å². The smallest absolute Gasteiger partial charge is 0.238 e. The highest BCUT2D eigenvalue weighted by molar-refractivity contribution is 9.10. The molecule has 2 amide bonds. The monoisotopic (exact) mass is 399 g/mol. The molecule has 25 heavy (non-hydrogen) atoms. The van der Waals surface area contributed by atoms with Crippen molar-refractivity contribution in [3.05, 3.63) is 39.9 Å². The zero-order valence-electron chi connectivity index (χ0n) is 14.5. The van der Waals surface area contributed by atoms with Crippen molar-refractivity contribution in [1.82, 2.24) is 0 Å². The topological polar surface area (TPSA) is 37.4 Å². The maximum atomic E-state index is 13.4. The molecule has 1 aromatic carbocycles. The number of nitrogens with zero attached hydrogens (tertiary/aromatic N) is 1. The molecular formula is C21H22BrNO2. The molecule has 0 radical (unpaired) electrons. The van der Waals surface area contributed by atoms with Crippen molar-refractivity contribution in [1.29, 1.82) is 0 Å². The fraction of sp³-hybridized carbons (Fsp3) is 0.524. The van der Waals surface area contributed by atoms with Gasteiger partial charge < -0.3 is 0 Å². The van der Waals surface area contributed by atoms with Crippen LogP contribution in [-0.4, -0.2) is 11.8 Å². The fourth-order valence-electron chi connectivity index (χ4n) is 5.72. The van der Waals surface area contributed by atoms with E-state index in [1.54, 1.807) is 4.90 Å². The maximum absolute atomic E-state index is 13.4. The number of carbonyl (C=O) groups is 2. The lowest BCUT2D eigenvalue weighted by Gasteiger charge is -2.37. The van der Waals surface area contributed by atoms with Crippen LogP contribution in [0, 0.1) is 35.5 Å². The van der Waals surface area contributed by atoms with Crippen molar-refractivity contribution in [2.24, 2.45) is 35.5 Å². The number of anilines is 1. The Morgan fingerprint density at radius 3 is 1.88 bits per heavy atom. The van der Waals surface area contributed by atoms with E-state index < -0.39 is 0 Å². The van der Waals surface area contributed by atoms with Gasteiger partial charge >= 0.3 is 0 Å². The second-order valence-corrected chi connectivity index (χ2v) is 8.86. The van der Waals surface area contributed by atoms with E-state index in [4.69, 9.17) is 0 Å². The minimum Gasteiger partial charge on any atom is -0.274 e. The average Bonchev–Trinajstić information content (AvgIpc) is 3.39. The number of benzene rings is 1. The van der Waals surface area contributed by atoms with Crippen molar-refractivity contribution in [3.63, 3.8) is 0 Å². The Labute approximate surface area is 156 Å². The van der Waals surface area contributed by atoms with Gasteiger partial charge in [0, 0.05) is 4.47 Å². The van der Waals surface area contributed by atoms with Crippen molar-refractivity contribution >= 4 is 33.4 Å². The summed E-state index contributed by atoms with van der Waals surface area (Å²) in [7, 11) is 0. The lowest BCUT2D eigenvalue weighted by molar-refractivity contribution is -0.124. The van der Waals surface area contributed by atoms with Gasteiger partial charge in [-0.05, 0) is 66.2 Å². The van der Waals surface area contributed by atoms with E-state index in [0.717, 1.165) is 34.1 Å². The Morgan fingerprint density at radius 2 is 1.44 bits per heavy atom. The summed E-state index contributed by atoms with van der Waals surface area (Å²) in [4.78, 5) is 28.3. The first-order valence-corrected chi connectivity index (χ1v) is 10.2. The van der Waals surface area contributed by atoms with Crippen LogP contribution in [0.15, 0.2) is 28.8 Å². The molecule has 6 rings (SSSR count). The van der Waals surface area contributed by atoms with Gasteiger partial charge in [0.2, 0.25) is 11.8 Å². The molecule has 1 saturated heterocycles. The summed E-state index contributed by atoms with van der Waals surface area (Å²) in [6.45, 7) is 4.17. The van der Waals surface area contributed by atoms with E-state index >= 15 is 0 Å². The standard InChI is InChI=1S/C21H22BrNO2/c1-3-10-7-12(22)8-11(4-2)19(10)23-20(24)17-13-5-6-14(16-9-15(13)16)18(17)21(23)25/h5-8,13-18H,3-4,9H2,1-2H3/t13-,14-,15-,16+,17+,18+/m0/s1. The molecule has 4 heteroatoms. The molecule has 130 valence electrons. The summed E-state index contributed by atoms with van der Waals surface area (Å²) in [6, 6.07) is 4.11. The molecule has 1 heterocycles. The largest absolute Gasteiger partial charge is 0.274 e. The molecule has 0 unspecified atom stereocenters. The second-order valence-electron chi connectivity index (χ2n) is 7.95. The second kappa shape index (κ2) is 5.29. The number of allylic oxidation sites excluding steroid dienone is 2. The summed E-state index contributed by atoms with van der Waals surface area (Å²) in [5.74, 6) is 1.72. The summed E-state index contributed by atoms with van der Waals surface area (Å²) in [5.41, 5.74) is 3.03. The molecule has 0 N–H and O–H groups in total. The molecule has 0 spiro atoms. The highest BCUT2D eigenvalue weighted by Gasteiger charge is 2.67. The first kappa shape index (κ1) is 15.8. The SMILES string of the molecule is CCc1cc(Br)cc(CC)c1N1C(=O)[C@@H]2[C@H]3C=C[C@@H]([C@@H]4C[C@H]34)[C@H]2C1=O. The summed E-state index contributed by atoms with van der Waals surface area (Å²) < 4.78 is 1.02. The Kier molecular flexibility index (Phi) is 3.35. The number of hydrogen-bond donors (Lipinski definition) is 0. The molecule has 2 bridgehead atoms. The van der Waals surface area contributed by atoms with E-state index in [1.165, 1.54) is 6.42 Å². The molecule has 6 atom stereocenters. The van der Waals surface area contributed by atoms with Gasteiger partial charge in [-0.25, -0.2) is 4.90 Å². The first-order valence-electron chi connectivity index (χ1n) is 9.44. The molecule has 3 nitrogen and oxygen atoms in total. The van der Waals surface area contributed by atoms with Gasteiger partial charge in [-0.3, -0.25) is 9.59 Å². The molecule has 0 aromatic heterocycles. The van der Waals surface area contributed by atoms with E-state index in [2.05, 4.69) is 54.1 Å². The Hall–Kier alpha value is -1.42. The molecule has 4 aliphatic carbocycles. The average molecular weight is 400 g/mol. The highest BCUT2D eigenvalue weighted by Crippen LogP contribution is 2.65. The lowest BCUT2D eigenvalue weighted by Crippen LogP contribution is -2.40. The van der Waals surface area contributed by atoms with Crippen molar-refractivity contribution in [2.45, 2.75) is 33.1 Å². The molecule has 2 saturated carbocycles. The number of aryl methyl sites for hydroxylation is 2. The third kappa shape index (κ3) is 1.98. The van der Waals surface area contributed by atoms with Gasteiger partial charge in [0.05, 0.1) is 17.5 Å². The third-order valence-corrected chi connectivity index (χ3v) is 7.34. The number of halogens is 1. The van der Waals surface area contributed by atoms with E-state index in [9.17, 15) is 9.59 Å². The number of carbonyl (C=O) groups excluding carboxylic acids is 2. The molecule has 3 fully saturated rings. The molecule has 1 aromatic rings. The zero-order valence-corrected chi connectivity index (χ0v) is 16.1. The Bertz CT molecular complexity index is 768. The van der Waals surface area contributed by atoms with Gasteiger partial charge in [0.1, 0.15) is 0 Å². The normalized spacial score (nSPS) is 37.5. The van der Waals surface area contributed by atoms with Crippen molar-refractivity contribution in [3.8, 4) is 0 Å². The Balaban J connectivity index is 1.63. The van der Waals surface area contributed by atoms with Crippen LogP contribution < -0.4 is 4.90 Å². The number of amides is 2. The number of hydrogen-bond acceptors (Lipinski definition) is 2. The Morgan fingerprint density at radius 1 is 0.960 bits per heavy atom. The van der Waals surface area contributed by atoms with Crippen LogP contribution in [-0.2, 0) is 22.4 Å². The highest BCUT2D eigenvalue weighted by atomic mass is 79.9. The van der Waals surface area contributed by atoms with Crippen LogP contribution in [0.4, 0.5) is 5.69 Å². The first-order chi connectivity index (χ1) is 12.1. The van der Waals surface area contributed by atoms with Crippen LogP contribution in [0.1, 0.15) is 31.4 Å². The molecular weight excluding hydrogens is 378 g/mol. The van der Waals surface area contributed by atoms with Crippen LogP contribution in [0.25, 0.3) is 0 Å². The van der Waals surface area contributed by atoms with Gasteiger partial charge in [0.25, 0.3) is 0 Å². The van der Waals surface area contributed by atoms with E-state index in [0.29, 0.717) is 11.8 Å². The van der Waals surface area contributed by atoms with Crippen LogP contribution >= 0.6 is 15.9 Å². The fourth-order valence-corrected chi connectivity index (χ4v) is 6.27. The molecule has 1 aliphatic heterocycles. The van der Waals surface area contributed by atoms with Crippen molar-refractivity contribution < 1.29 is 9.59 Å². The lowest BCUT2D eigenvalue weighted by atomic mass is 9.63. The summed E-state index contributed by atoms with van der Waals surface area (Å²) >= 11 is 3.57. The van der Waals surface area contributed by atoms with Crippen LogP contribution in [0.3, 0.4) is 0 Å². The number of rotatable bonds is 3. The minimum atomic E-state index is -0.121. The number of imide groups is 1. The summed E-state index contributed by atoms with van der Waals surface area (Å²) in [6.07, 6.45) is 7.29. The van der Waals surface area contributed by atoms with E-state index in [1.807, 2.05) is 0 Å². The van der Waals surface area contributed by atoms with Crippen LogP contribution in [0.5, 0.6) is 0 Å². The van der Waals surface area contributed by atoms with Gasteiger partial charge in [0.15, 0.2) is 0 Å². The van der Waals surface area contributed by atoms with Crippen molar-refractivity contribution in [2.75, 3.05) is 4.90 Å². The minimum absolute atomic E-state index is 0.0476. The van der Waals surface area contributed by atoms with Gasteiger partial charge in [-0.2, -0.15) is 0 Å². The maximum Gasteiger partial charge on any atom is 0.238 e. The van der Waals surface area contributed by atoms with Gasteiger partial charge in [-0.1, -0.05) is 41.9 Å². The predicted molar refractivity (Wildman–Crippen MR) is 100 cm³/mol. The predicted octanol–water partition coefficient (Wildman–Crippen LogP) is 4.13.